The number of ether oxygens (including phenoxy) is 1. The molecule has 0 aliphatic heterocycles. The molecule has 0 fully saturated rings. The van der Waals surface area contributed by atoms with E-state index in [0.29, 0.717) is 18.0 Å². The van der Waals surface area contributed by atoms with E-state index in [1.807, 2.05) is 36.4 Å². The molecule has 0 aromatic heterocycles. The Morgan fingerprint density at radius 2 is 1.41 bits per heavy atom. The maximum Gasteiger partial charge on any atom is 0.408 e. The van der Waals surface area contributed by atoms with Gasteiger partial charge in [-0.2, -0.15) is 0 Å². The van der Waals surface area contributed by atoms with Gasteiger partial charge in [-0.15, -0.1) is 0 Å². The molecule has 0 saturated heterocycles. The van der Waals surface area contributed by atoms with E-state index in [0.717, 1.165) is 23.3 Å². The van der Waals surface area contributed by atoms with Crippen LogP contribution in [0, 0.1) is 0 Å². The Balaban J connectivity index is 1.82. The van der Waals surface area contributed by atoms with Gasteiger partial charge in [0.1, 0.15) is 25.2 Å². The minimum atomic E-state index is -1.18. The number of nitrogens with zero attached hydrogens (tertiary/aromatic N) is 1. The third-order valence-corrected chi connectivity index (χ3v) is 5.45. The molecule has 2 atom stereocenters. The first-order chi connectivity index (χ1) is 19.5. The van der Waals surface area contributed by atoms with Crippen molar-refractivity contribution in [3.05, 3.63) is 83.9 Å². The molecule has 2 aromatic carbocycles. The van der Waals surface area contributed by atoms with Crippen LogP contribution in [0.5, 0.6) is 0 Å². The van der Waals surface area contributed by atoms with Crippen molar-refractivity contribution in [3.8, 4) is 0 Å². The van der Waals surface area contributed by atoms with E-state index in [4.69, 9.17) is 10.5 Å². The summed E-state index contributed by atoms with van der Waals surface area (Å²) < 4.78 is 5.07. The summed E-state index contributed by atoms with van der Waals surface area (Å²) in [7, 11) is 0. The summed E-state index contributed by atoms with van der Waals surface area (Å²) in [5, 5.41) is 7.98. The van der Waals surface area contributed by atoms with E-state index in [1.54, 1.807) is 24.3 Å². The van der Waals surface area contributed by atoms with E-state index in [-0.39, 0.29) is 6.61 Å². The molecule has 0 unspecified atom stereocenters. The first-order valence-corrected chi connectivity index (χ1v) is 12.7. The molecule has 6 amide bonds. The Labute approximate surface area is 237 Å². The fourth-order valence-electron chi connectivity index (χ4n) is 3.24. The number of primary amides is 1. The number of hydrogen-bond acceptors (Lipinski definition) is 7. The zero-order valence-corrected chi connectivity index (χ0v) is 22.8. The lowest BCUT2D eigenvalue weighted by atomic mass is 10.1. The first kappa shape index (κ1) is 32.0. The Hall–Kier alpha value is -5.20. The number of carbonyl (C=O) groups excluding carboxylic acids is 6. The molecule has 0 radical (unpaired) electrons. The minimum Gasteiger partial charge on any atom is -0.445 e. The van der Waals surface area contributed by atoms with Gasteiger partial charge in [0.15, 0.2) is 0 Å². The van der Waals surface area contributed by atoms with E-state index in [9.17, 15) is 28.8 Å². The Morgan fingerprint density at radius 3 is 2.02 bits per heavy atom. The summed E-state index contributed by atoms with van der Waals surface area (Å²) >= 11 is 0. The van der Waals surface area contributed by atoms with Crippen molar-refractivity contribution < 1.29 is 33.5 Å². The molecular weight excluding hydrogens is 532 g/mol. The SMILES string of the molecule is C[C@H](NC(=O)OCc1ccccc1)C(=O)N[C@@H](C)C(=O)NN(CC(N)=O)C(=O)/C=C/C(=O)NCCc1ccccc1. The van der Waals surface area contributed by atoms with Gasteiger partial charge >= 0.3 is 6.09 Å². The van der Waals surface area contributed by atoms with Crippen molar-refractivity contribution in [2.45, 2.75) is 39.0 Å². The van der Waals surface area contributed by atoms with E-state index < -0.39 is 54.3 Å². The lowest BCUT2D eigenvalue weighted by Gasteiger charge is -2.24. The van der Waals surface area contributed by atoms with Gasteiger partial charge in [0.05, 0.1) is 0 Å². The van der Waals surface area contributed by atoms with Crippen molar-refractivity contribution in [1.82, 2.24) is 26.4 Å². The summed E-state index contributed by atoms with van der Waals surface area (Å²) in [5.41, 5.74) is 9.16. The summed E-state index contributed by atoms with van der Waals surface area (Å²) in [5.74, 6) is -3.94. The number of rotatable bonds is 13. The molecule has 0 bridgehead atoms. The normalized spacial score (nSPS) is 12.0. The van der Waals surface area contributed by atoms with Gasteiger partial charge in [-0.05, 0) is 31.4 Å². The third-order valence-electron chi connectivity index (χ3n) is 5.45. The summed E-state index contributed by atoms with van der Waals surface area (Å²) in [6, 6.07) is 16.2. The van der Waals surface area contributed by atoms with Gasteiger partial charge in [0, 0.05) is 18.7 Å². The van der Waals surface area contributed by atoms with Crippen LogP contribution in [0.25, 0.3) is 0 Å². The van der Waals surface area contributed by atoms with Crippen LogP contribution < -0.4 is 27.1 Å². The molecule has 0 aliphatic carbocycles. The Kier molecular flexibility index (Phi) is 13.0. The summed E-state index contributed by atoms with van der Waals surface area (Å²) in [6.07, 6.45) is 1.59. The predicted molar refractivity (Wildman–Crippen MR) is 148 cm³/mol. The molecule has 2 rings (SSSR count). The fraction of sp³-hybridized carbons (Fsp3) is 0.286. The van der Waals surface area contributed by atoms with Gasteiger partial charge in [-0.1, -0.05) is 60.7 Å². The van der Waals surface area contributed by atoms with Crippen LogP contribution in [-0.2, 0) is 41.7 Å². The van der Waals surface area contributed by atoms with E-state index in [2.05, 4.69) is 21.4 Å². The third kappa shape index (κ3) is 12.5. The molecule has 0 saturated carbocycles. The molecule has 6 N–H and O–H groups in total. The fourth-order valence-corrected chi connectivity index (χ4v) is 3.24. The highest BCUT2D eigenvalue weighted by Gasteiger charge is 2.24. The summed E-state index contributed by atoms with van der Waals surface area (Å²) in [6.45, 7) is 2.38. The molecule has 0 spiro atoms. The highest BCUT2D eigenvalue weighted by molar-refractivity contribution is 5.99. The van der Waals surface area contributed by atoms with Crippen molar-refractivity contribution in [1.29, 1.82) is 0 Å². The van der Waals surface area contributed by atoms with Crippen molar-refractivity contribution in [2.24, 2.45) is 5.73 Å². The molecule has 218 valence electrons. The smallest absolute Gasteiger partial charge is 0.408 e. The monoisotopic (exact) mass is 566 g/mol. The van der Waals surface area contributed by atoms with Crippen molar-refractivity contribution in [3.63, 3.8) is 0 Å². The second kappa shape index (κ2) is 16.7. The molecule has 2 aromatic rings. The van der Waals surface area contributed by atoms with Crippen molar-refractivity contribution in [2.75, 3.05) is 13.1 Å². The second-order valence-electron chi connectivity index (χ2n) is 8.88. The largest absolute Gasteiger partial charge is 0.445 e. The highest BCUT2D eigenvalue weighted by atomic mass is 16.5. The van der Waals surface area contributed by atoms with Gasteiger partial charge in [0.2, 0.25) is 17.7 Å². The highest BCUT2D eigenvalue weighted by Crippen LogP contribution is 2.01. The van der Waals surface area contributed by atoms with Crippen LogP contribution in [0.15, 0.2) is 72.8 Å². The number of amides is 6. The second-order valence-corrected chi connectivity index (χ2v) is 8.88. The van der Waals surface area contributed by atoms with Crippen LogP contribution in [-0.4, -0.2) is 65.8 Å². The maximum atomic E-state index is 12.6. The molecule has 13 nitrogen and oxygen atoms in total. The molecule has 41 heavy (non-hydrogen) atoms. The number of benzene rings is 2. The number of nitrogens with one attached hydrogen (secondary N) is 4. The lowest BCUT2D eigenvalue weighted by molar-refractivity contribution is -0.142. The average molecular weight is 567 g/mol. The molecular formula is C28H34N6O7. The zero-order valence-electron chi connectivity index (χ0n) is 22.8. The number of nitrogens with two attached hydrogens (primary N) is 1. The van der Waals surface area contributed by atoms with E-state index >= 15 is 0 Å². The quantitative estimate of drug-likeness (QED) is 0.167. The lowest BCUT2D eigenvalue weighted by Crippen LogP contribution is -2.56. The topological polar surface area (TPSA) is 189 Å². The Morgan fingerprint density at radius 1 is 0.829 bits per heavy atom. The van der Waals surface area contributed by atoms with Crippen LogP contribution in [0.3, 0.4) is 0 Å². The maximum absolute atomic E-state index is 12.6. The number of alkyl carbamates (subject to hydrolysis) is 1. The van der Waals surface area contributed by atoms with Crippen molar-refractivity contribution >= 4 is 35.6 Å². The minimum absolute atomic E-state index is 0.00728. The van der Waals surface area contributed by atoms with Crippen LogP contribution in [0.4, 0.5) is 4.79 Å². The van der Waals surface area contributed by atoms with Crippen LogP contribution in [0.1, 0.15) is 25.0 Å². The number of hydrogen-bond donors (Lipinski definition) is 5. The van der Waals surface area contributed by atoms with Gasteiger partial charge < -0.3 is 26.4 Å². The number of carbonyl (C=O) groups is 6. The van der Waals surface area contributed by atoms with Crippen LogP contribution >= 0.6 is 0 Å². The van der Waals surface area contributed by atoms with Crippen LogP contribution in [0.2, 0.25) is 0 Å². The average Bonchev–Trinajstić information content (AvgIpc) is 2.95. The van der Waals surface area contributed by atoms with Gasteiger partial charge in [-0.25, -0.2) is 9.80 Å². The zero-order chi connectivity index (χ0) is 30.2. The molecule has 13 heteroatoms. The Bertz CT molecular complexity index is 1240. The first-order valence-electron chi connectivity index (χ1n) is 12.7. The molecule has 0 heterocycles. The van der Waals surface area contributed by atoms with E-state index in [1.165, 1.54) is 13.8 Å². The number of hydrazine groups is 1. The standard InChI is InChI=1S/C28H34N6O7/c1-19(32-28(40)41-18-22-11-7-4-8-12-22)26(38)31-20(2)27(39)33-34(17-23(29)35)25(37)14-13-24(36)30-16-15-21-9-5-3-6-10-21/h3-14,19-20H,15-18H2,1-2H3,(H2,29,35)(H,30,36)(H,31,38)(H,32,40)(H,33,39)/b14-13+/t19-,20-/m0/s1. The predicted octanol–water partition coefficient (Wildman–Crippen LogP) is 0.0662. The summed E-state index contributed by atoms with van der Waals surface area (Å²) in [4.78, 5) is 73.1. The van der Waals surface area contributed by atoms with Gasteiger partial charge in [-0.3, -0.25) is 29.4 Å². The molecule has 0 aliphatic rings. The van der Waals surface area contributed by atoms with Gasteiger partial charge in [0.25, 0.3) is 11.8 Å².